The summed E-state index contributed by atoms with van der Waals surface area (Å²) < 4.78 is 29.9. The smallest absolute Gasteiger partial charge is 0.409 e. The second kappa shape index (κ2) is 9.83. The number of carbonyl (C=O) groups excluding carboxylic acids is 2. The normalized spacial score (nSPS) is 15.7. The molecule has 0 radical (unpaired) electrons. The Morgan fingerprint density at radius 3 is 2.12 bits per heavy atom. The number of nitrogens with zero attached hydrogens (tertiary/aromatic N) is 3. The highest BCUT2D eigenvalue weighted by Crippen LogP contribution is 2.08. The first kappa shape index (κ1) is 20.7. The van der Waals surface area contributed by atoms with Crippen LogP contribution in [0.15, 0.2) is 0 Å². The third-order valence-electron chi connectivity index (χ3n) is 3.95. The second-order valence-corrected chi connectivity index (χ2v) is 7.85. The summed E-state index contributed by atoms with van der Waals surface area (Å²) in [5.74, 6) is -0.222. The summed E-state index contributed by atoms with van der Waals surface area (Å²) in [5.41, 5.74) is 0. The van der Waals surface area contributed by atoms with Gasteiger partial charge >= 0.3 is 6.09 Å². The Labute approximate surface area is 144 Å². The lowest BCUT2D eigenvalue weighted by molar-refractivity contribution is -0.133. The molecule has 1 aliphatic rings. The highest BCUT2D eigenvalue weighted by Gasteiger charge is 2.27. The van der Waals surface area contributed by atoms with E-state index in [-0.39, 0.29) is 18.5 Å². The molecule has 0 aromatic rings. The lowest BCUT2D eigenvalue weighted by atomic mass is 10.2. The number of ether oxygens (including phenoxy) is 1. The number of piperazine rings is 1. The molecule has 1 heterocycles. The van der Waals surface area contributed by atoms with Gasteiger partial charge in [-0.2, -0.15) is 4.31 Å². The maximum atomic E-state index is 12.4. The molecule has 24 heavy (non-hydrogen) atoms. The molecular formula is C15H29N3O5S. The Kier molecular flexibility index (Phi) is 8.47. The van der Waals surface area contributed by atoms with E-state index in [1.807, 2.05) is 6.92 Å². The quantitative estimate of drug-likeness (QED) is 0.594. The predicted octanol–water partition coefficient (Wildman–Crippen LogP) is 0.739. The average molecular weight is 363 g/mol. The van der Waals surface area contributed by atoms with E-state index in [0.717, 1.165) is 25.5 Å². The fraction of sp³-hybridized carbons (Fsp3) is 0.867. The van der Waals surface area contributed by atoms with Gasteiger partial charge in [-0.25, -0.2) is 13.2 Å². The molecule has 0 aliphatic carbocycles. The molecule has 0 bridgehead atoms. The van der Waals surface area contributed by atoms with Crippen LogP contribution in [0.25, 0.3) is 0 Å². The highest BCUT2D eigenvalue weighted by molar-refractivity contribution is 7.88. The number of unbranched alkanes of at least 4 members (excludes halogenated alkanes) is 2. The lowest BCUT2D eigenvalue weighted by Crippen LogP contribution is -2.53. The van der Waals surface area contributed by atoms with Crippen molar-refractivity contribution in [1.29, 1.82) is 0 Å². The average Bonchev–Trinajstić information content (AvgIpc) is 2.53. The largest absolute Gasteiger partial charge is 0.450 e. The molecule has 0 aromatic carbocycles. The van der Waals surface area contributed by atoms with Crippen LogP contribution in [0.3, 0.4) is 0 Å². The molecule has 1 aliphatic heterocycles. The van der Waals surface area contributed by atoms with E-state index < -0.39 is 10.0 Å². The molecular weight excluding hydrogens is 334 g/mol. The van der Waals surface area contributed by atoms with Gasteiger partial charge in [-0.15, -0.1) is 0 Å². The van der Waals surface area contributed by atoms with Crippen molar-refractivity contribution in [2.75, 3.05) is 52.1 Å². The first-order chi connectivity index (χ1) is 11.3. The van der Waals surface area contributed by atoms with Crippen LogP contribution in [0, 0.1) is 0 Å². The number of carbonyl (C=O) groups is 2. The number of hydrogen-bond acceptors (Lipinski definition) is 5. The van der Waals surface area contributed by atoms with Gasteiger partial charge in [0.05, 0.1) is 19.4 Å². The summed E-state index contributed by atoms with van der Waals surface area (Å²) in [7, 11) is -3.41. The molecule has 0 spiro atoms. The van der Waals surface area contributed by atoms with Crippen molar-refractivity contribution in [3.8, 4) is 0 Å². The van der Waals surface area contributed by atoms with Gasteiger partial charge in [0, 0.05) is 32.7 Å². The van der Waals surface area contributed by atoms with E-state index in [1.165, 1.54) is 4.31 Å². The van der Waals surface area contributed by atoms with Crippen molar-refractivity contribution < 1.29 is 22.7 Å². The fourth-order valence-electron chi connectivity index (χ4n) is 2.50. The zero-order valence-corrected chi connectivity index (χ0v) is 15.7. The molecule has 2 amide bonds. The summed E-state index contributed by atoms with van der Waals surface area (Å²) >= 11 is 0. The van der Waals surface area contributed by atoms with Gasteiger partial charge in [0.25, 0.3) is 0 Å². The van der Waals surface area contributed by atoms with Crippen molar-refractivity contribution >= 4 is 22.0 Å². The Morgan fingerprint density at radius 2 is 1.62 bits per heavy atom. The second-order valence-electron chi connectivity index (χ2n) is 5.87. The van der Waals surface area contributed by atoms with Crippen molar-refractivity contribution in [3.63, 3.8) is 0 Å². The van der Waals surface area contributed by atoms with Crippen LogP contribution in [-0.4, -0.2) is 86.7 Å². The van der Waals surface area contributed by atoms with Crippen LogP contribution < -0.4 is 0 Å². The van der Waals surface area contributed by atoms with Crippen molar-refractivity contribution in [3.05, 3.63) is 0 Å². The van der Waals surface area contributed by atoms with Gasteiger partial charge in [-0.1, -0.05) is 19.8 Å². The molecule has 9 heteroatoms. The topological polar surface area (TPSA) is 87.2 Å². The van der Waals surface area contributed by atoms with E-state index in [1.54, 1.807) is 16.7 Å². The van der Waals surface area contributed by atoms with Crippen molar-refractivity contribution in [2.45, 2.75) is 33.1 Å². The Hall–Kier alpha value is -1.35. The van der Waals surface area contributed by atoms with Gasteiger partial charge in [-0.05, 0) is 13.3 Å². The van der Waals surface area contributed by atoms with Crippen molar-refractivity contribution in [1.82, 2.24) is 14.1 Å². The monoisotopic (exact) mass is 363 g/mol. The van der Waals surface area contributed by atoms with E-state index in [4.69, 9.17) is 4.74 Å². The number of rotatable bonds is 8. The molecule has 140 valence electrons. The zero-order valence-electron chi connectivity index (χ0n) is 14.9. The zero-order chi connectivity index (χ0) is 18.2. The third kappa shape index (κ3) is 6.64. The molecule has 1 rings (SSSR count). The van der Waals surface area contributed by atoms with Crippen molar-refractivity contribution in [2.24, 2.45) is 0 Å². The van der Waals surface area contributed by atoms with Crippen LogP contribution >= 0.6 is 0 Å². The summed E-state index contributed by atoms with van der Waals surface area (Å²) in [6.45, 7) is 5.92. The number of sulfonamides is 1. The molecule has 0 unspecified atom stereocenters. The maximum absolute atomic E-state index is 12.4. The SMILES string of the molecule is CCCCCN(CC(=O)N1CCN(C(=O)OCC)CC1)S(C)(=O)=O. The molecule has 0 aromatic heterocycles. The summed E-state index contributed by atoms with van der Waals surface area (Å²) in [6, 6.07) is 0. The minimum Gasteiger partial charge on any atom is -0.450 e. The Morgan fingerprint density at radius 1 is 1.04 bits per heavy atom. The van der Waals surface area contributed by atoms with Crippen LogP contribution in [0.2, 0.25) is 0 Å². The molecule has 8 nitrogen and oxygen atoms in total. The third-order valence-corrected chi connectivity index (χ3v) is 5.20. The highest BCUT2D eigenvalue weighted by atomic mass is 32.2. The molecule has 1 saturated heterocycles. The van der Waals surface area contributed by atoms with E-state index in [2.05, 4.69) is 0 Å². The first-order valence-corrected chi connectivity index (χ1v) is 10.3. The van der Waals surface area contributed by atoms with E-state index in [9.17, 15) is 18.0 Å². The van der Waals surface area contributed by atoms with Crippen LogP contribution in [0.4, 0.5) is 4.79 Å². The van der Waals surface area contributed by atoms with E-state index in [0.29, 0.717) is 39.3 Å². The standard InChI is InChI=1S/C15H29N3O5S/c1-4-6-7-8-18(24(3,21)22)13-14(19)16-9-11-17(12-10-16)15(20)23-5-2/h4-13H2,1-3H3. The number of amides is 2. The Bertz CT molecular complexity index is 515. The van der Waals surface area contributed by atoms with Gasteiger partial charge < -0.3 is 14.5 Å². The minimum absolute atomic E-state index is 0.137. The molecule has 0 atom stereocenters. The Balaban J connectivity index is 2.52. The minimum atomic E-state index is -3.41. The van der Waals surface area contributed by atoms with Crippen LogP contribution in [0.1, 0.15) is 33.1 Å². The maximum Gasteiger partial charge on any atom is 0.409 e. The van der Waals surface area contributed by atoms with Crippen LogP contribution in [0.5, 0.6) is 0 Å². The summed E-state index contributed by atoms with van der Waals surface area (Å²) in [6.07, 6.45) is 3.42. The molecule has 0 N–H and O–H groups in total. The number of hydrogen-bond donors (Lipinski definition) is 0. The first-order valence-electron chi connectivity index (χ1n) is 8.44. The van der Waals surface area contributed by atoms with Crippen LogP contribution in [-0.2, 0) is 19.6 Å². The van der Waals surface area contributed by atoms with Gasteiger partial charge in [0.15, 0.2) is 0 Å². The molecule has 1 fully saturated rings. The summed E-state index contributed by atoms with van der Waals surface area (Å²) in [4.78, 5) is 27.2. The van der Waals surface area contributed by atoms with Gasteiger partial charge in [-0.3, -0.25) is 4.79 Å². The van der Waals surface area contributed by atoms with Gasteiger partial charge in [0.1, 0.15) is 0 Å². The van der Waals surface area contributed by atoms with E-state index >= 15 is 0 Å². The summed E-state index contributed by atoms with van der Waals surface area (Å²) in [5, 5.41) is 0. The molecule has 0 saturated carbocycles. The fourth-order valence-corrected chi connectivity index (χ4v) is 3.31. The predicted molar refractivity (Wildman–Crippen MR) is 91.1 cm³/mol. The van der Waals surface area contributed by atoms with Gasteiger partial charge in [0.2, 0.25) is 15.9 Å². The lowest BCUT2D eigenvalue weighted by Gasteiger charge is -2.35.